The Morgan fingerprint density at radius 1 is 1.40 bits per heavy atom. The van der Waals surface area contributed by atoms with Crippen LogP contribution in [0.4, 0.5) is 11.6 Å². The summed E-state index contributed by atoms with van der Waals surface area (Å²) in [6, 6.07) is 4.93. The van der Waals surface area contributed by atoms with Gasteiger partial charge in [-0.05, 0) is 25.0 Å². The smallest absolute Gasteiger partial charge is 0.293 e. The van der Waals surface area contributed by atoms with Crippen LogP contribution in [0.25, 0.3) is 0 Å². The fourth-order valence-electron chi connectivity index (χ4n) is 2.93. The molecule has 1 unspecified atom stereocenters. The third kappa shape index (κ3) is 3.77. The number of aromatic nitrogens is 2. The summed E-state index contributed by atoms with van der Waals surface area (Å²) in [6.07, 6.45) is 3.15. The van der Waals surface area contributed by atoms with Crippen molar-refractivity contribution in [1.29, 1.82) is 0 Å². The molecule has 134 valence electrons. The van der Waals surface area contributed by atoms with Gasteiger partial charge in [-0.15, -0.1) is 0 Å². The van der Waals surface area contributed by atoms with Crippen molar-refractivity contribution in [2.75, 3.05) is 18.8 Å². The van der Waals surface area contributed by atoms with E-state index in [2.05, 4.69) is 5.27 Å². The molecule has 2 aromatic rings. The monoisotopic (exact) mass is 368 g/mol. The zero-order valence-electron chi connectivity index (χ0n) is 13.3. The maximum absolute atomic E-state index is 12.8. The minimum atomic E-state index is -3.69. The third-order valence-electron chi connectivity index (χ3n) is 4.14. The highest BCUT2D eigenvalue weighted by atomic mass is 32.2. The SMILES string of the molecule is Nc1c[n+](CC2CCCN(S(=O)(=O)c3ccc([N+](=O)[O-])cc3)C2)no1. The van der Waals surface area contributed by atoms with Crippen molar-refractivity contribution in [3.8, 4) is 0 Å². The Labute approximate surface area is 144 Å². The number of nitro benzene ring substituents is 1. The van der Waals surface area contributed by atoms with Crippen LogP contribution in [0.1, 0.15) is 12.8 Å². The number of nitrogen functional groups attached to an aromatic ring is 1. The van der Waals surface area contributed by atoms with Gasteiger partial charge in [-0.2, -0.15) is 4.31 Å². The number of anilines is 1. The van der Waals surface area contributed by atoms with Gasteiger partial charge < -0.3 is 5.73 Å². The van der Waals surface area contributed by atoms with Gasteiger partial charge in [0.25, 0.3) is 17.8 Å². The number of benzene rings is 1. The average molecular weight is 368 g/mol. The summed E-state index contributed by atoms with van der Waals surface area (Å²) in [4.78, 5) is 10.2. The first kappa shape index (κ1) is 17.3. The van der Waals surface area contributed by atoms with Crippen LogP contribution in [0.15, 0.2) is 39.9 Å². The van der Waals surface area contributed by atoms with Crippen LogP contribution in [0.2, 0.25) is 0 Å². The molecular formula is C14H18N5O5S+. The van der Waals surface area contributed by atoms with Crippen molar-refractivity contribution in [2.45, 2.75) is 24.3 Å². The second kappa shape index (κ2) is 6.76. The first-order chi connectivity index (χ1) is 11.9. The summed E-state index contributed by atoms with van der Waals surface area (Å²) in [7, 11) is -3.69. The third-order valence-corrected chi connectivity index (χ3v) is 6.02. The Kier molecular flexibility index (Phi) is 4.68. The number of sulfonamides is 1. The zero-order chi connectivity index (χ0) is 18.0. The Morgan fingerprint density at radius 2 is 2.12 bits per heavy atom. The van der Waals surface area contributed by atoms with Gasteiger partial charge in [-0.1, -0.05) is 4.68 Å². The zero-order valence-corrected chi connectivity index (χ0v) is 14.1. The molecule has 0 spiro atoms. The number of non-ortho nitro benzene ring substituents is 1. The van der Waals surface area contributed by atoms with E-state index in [1.54, 1.807) is 10.9 Å². The van der Waals surface area contributed by atoms with E-state index in [0.29, 0.717) is 19.6 Å². The summed E-state index contributed by atoms with van der Waals surface area (Å²) in [5, 5.41) is 14.5. The lowest BCUT2D eigenvalue weighted by Crippen LogP contribution is -2.46. The molecule has 0 aliphatic carbocycles. The molecule has 2 heterocycles. The number of nitrogens with two attached hydrogens (primary N) is 1. The van der Waals surface area contributed by atoms with Crippen molar-refractivity contribution < 1.29 is 22.5 Å². The molecule has 10 nitrogen and oxygen atoms in total. The minimum absolute atomic E-state index is 0.0529. The molecule has 1 aromatic heterocycles. The quantitative estimate of drug-likeness (QED) is 0.462. The molecule has 0 radical (unpaired) electrons. The van der Waals surface area contributed by atoms with Crippen LogP contribution in [-0.4, -0.2) is 36.0 Å². The number of nitrogens with zero attached hydrogens (tertiary/aromatic N) is 4. The van der Waals surface area contributed by atoms with Gasteiger partial charge in [0, 0.05) is 31.1 Å². The van der Waals surface area contributed by atoms with Crippen LogP contribution >= 0.6 is 0 Å². The Balaban J connectivity index is 1.73. The van der Waals surface area contributed by atoms with Crippen LogP contribution in [0.5, 0.6) is 0 Å². The number of piperidine rings is 1. The van der Waals surface area contributed by atoms with Gasteiger partial charge in [0.2, 0.25) is 15.3 Å². The molecule has 0 amide bonds. The number of rotatable bonds is 5. The first-order valence-corrected chi connectivity index (χ1v) is 9.17. The Hall–Kier alpha value is -2.53. The summed E-state index contributed by atoms with van der Waals surface area (Å²) < 4.78 is 33.3. The predicted octanol–water partition coefficient (Wildman–Crippen LogP) is 0.553. The van der Waals surface area contributed by atoms with Crippen molar-refractivity contribution >= 4 is 21.6 Å². The second-order valence-electron chi connectivity index (χ2n) is 5.95. The van der Waals surface area contributed by atoms with E-state index in [-0.39, 0.29) is 22.4 Å². The molecule has 1 aliphatic heterocycles. The largest absolute Gasteiger partial charge is 0.362 e. The molecular weight excluding hydrogens is 350 g/mol. The Bertz CT molecular complexity index is 864. The van der Waals surface area contributed by atoms with E-state index >= 15 is 0 Å². The van der Waals surface area contributed by atoms with Crippen LogP contribution in [0.3, 0.4) is 0 Å². The van der Waals surface area contributed by atoms with Crippen molar-refractivity contribution in [2.24, 2.45) is 5.92 Å². The van der Waals surface area contributed by atoms with E-state index in [4.69, 9.17) is 10.3 Å². The molecule has 0 saturated carbocycles. The summed E-state index contributed by atoms with van der Waals surface area (Å²) in [5.41, 5.74) is 5.34. The van der Waals surface area contributed by atoms with Gasteiger partial charge >= 0.3 is 0 Å². The average Bonchev–Trinajstić information content (AvgIpc) is 3.00. The predicted molar refractivity (Wildman–Crippen MR) is 85.7 cm³/mol. The summed E-state index contributed by atoms with van der Waals surface area (Å²) >= 11 is 0. The molecule has 2 N–H and O–H groups in total. The standard InChI is InChI=1S/C14H18N5O5S/c15-14-10-17(16-24-14)8-11-2-1-7-18(9-11)25(22,23)13-5-3-12(4-6-13)19(20)21/h3-6,10-11H,1-2,7-9,15H2/q+1. The molecule has 1 atom stereocenters. The maximum Gasteiger partial charge on any atom is 0.293 e. The van der Waals surface area contributed by atoms with E-state index < -0.39 is 14.9 Å². The van der Waals surface area contributed by atoms with Crippen LogP contribution < -0.4 is 10.4 Å². The van der Waals surface area contributed by atoms with Gasteiger partial charge in [0.05, 0.1) is 9.82 Å². The van der Waals surface area contributed by atoms with Crippen molar-refractivity contribution in [3.63, 3.8) is 0 Å². The van der Waals surface area contributed by atoms with E-state index in [0.717, 1.165) is 12.8 Å². The molecule has 1 aromatic carbocycles. The van der Waals surface area contributed by atoms with E-state index in [1.165, 1.54) is 28.6 Å². The minimum Gasteiger partial charge on any atom is -0.362 e. The fraction of sp³-hybridized carbons (Fsp3) is 0.429. The maximum atomic E-state index is 12.8. The lowest BCUT2D eigenvalue weighted by atomic mass is 10.00. The molecule has 1 fully saturated rings. The summed E-state index contributed by atoms with van der Waals surface area (Å²) in [6.45, 7) is 1.27. The van der Waals surface area contributed by atoms with Gasteiger partial charge in [-0.3, -0.25) is 14.6 Å². The molecule has 3 rings (SSSR count). The number of hydrogen-bond acceptors (Lipinski definition) is 7. The molecule has 1 aliphatic rings. The fourth-order valence-corrected chi connectivity index (χ4v) is 4.48. The van der Waals surface area contributed by atoms with Crippen molar-refractivity contribution in [3.05, 3.63) is 40.6 Å². The first-order valence-electron chi connectivity index (χ1n) is 7.73. The van der Waals surface area contributed by atoms with Crippen LogP contribution in [0, 0.1) is 16.0 Å². The van der Waals surface area contributed by atoms with Gasteiger partial charge in [0.15, 0.2) is 6.54 Å². The normalized spacial score (nSPS) is 19.0. The lowest BCUT2D eigenvalue weighted by Gasteiger charge is -2.30. The van der Waals surface area contributed by atoms with E-state index in [9.17, 15) is 18.5 Å². The van der Waals surface area contributed by atoms with E-state index in [1.807, 2.05) is 0 Å². The molecule has 0 bridgehead atoms. The van der Waals surface area contributed by atoms with Crippen molar-refractivity contribution in [1.82, 2.24) is 9.58 Å². The van der Waals surface area contributed by atoms with Gasteiger partial charge in [-0.25, -0.2) is 8.42 Å². The number of nitro groups is 1. The number of hydrogen-bond donors (Lipinski definition) is 1. The topological polar surface area (TPSA) is 136 Å². The Morgan fingerprint density at radius 3 is 2.72 bits per heavy atom. The summed E-state index contributed by atoms with van der Waals surface area (Å²) in [5.74, 6) is 0.280. The van der Waals surface area contributed by atoms with Crippen LogP contribution in [-0.2, 0) is 16.6 Å². The highest BCUT2D eigenvalue weighted by molar-refractivity contribution is 7.89. The highest BCUT2D eigenvalue weighted by Crippen LogP contribution is 2.25. The molecule has 25 heavy (non-hydrogen) atoms. The van der Waals surface area contributed by atoms with Gasteiger partial charge in [0.1, 0.15) is 0 Å². The molecule has 1 saturated heterocycles. The highest BCUT2D eigenvalue weighted by Gasteiger charge is 2.32. The second-order valence-corrected chi connectivity index (χ2v) is 7.89. The molecule has 11 heteroatoms. The lowest BCUT2D eigenvalue weighted by molar-refractivity contribution is -0.767.